The average Bonchev–Trinajstić information content (AvgIpc) is 2.01. The zero-order valence-electron chi connectivity index (χ0n) is 6.62. The molecule has 0 saturated heterocycles. The molecular weight excluding hydrogens is 238 g/mol. The lowest BCUT2D eigenvalue weighted by Crippen LogP contribution is -2.15. The van der Waals surface area contributed by atoms with Gasteiger partial charge in [0.05, 0.1) is 10.5 Å². The van der Waals surface area contributed by atoms with Crippen molar-refractivity contribution in [3.63, 3.8) is 0 Å². The second kappa shape index (κ2) is 3.76. The van der Waals surface area contributed by atoms with Gasteiger partial charge in [-0.3, -0.25) is 0 Å². The van der Waals surface area contributed by atoms with E-state index in [2.05, 4.69) is 4.98 Å². The van der Waals surface area contributed by atoms with Crippen LogP contribution in [0.15, 0.2) is 17.2 Å². The van der Waals surface area contributed by atoms with E-state index in [4.69, 9.17) is 16.7 Å². The maximum atomic E-state index is 12.3. The van der Waals surface area contributed by atoms with Gasteiger partial charge in [-0.1, -0.05) is 11.6 Å². The molecule has 2 N–H and O–H groups in total. The molecule has 0 spiro atoms. The molecular formula is C6H5ClF2N2O2S. The predicted octanol–water partition coefficient (Wildman–Crippen LogP) is 1.32. The number of primary sulfonamides is 1. The number of pyridine rings is 1. The van der Waals surface area contributed by atoms with Gasteiger partial charge in [-0.2, -0.15) is 0 Å². The van der Waals surface area contributed by atoms with Gasteiger partial charge in [0.2, 0.25) is 10.0 Å². The van der Waals surface area contributed by atoms with Crippen molar-refractivity contribution in [2.75, 3.05) is 0 Å². The number of nitrogens with zero attached hydrogens (tertiary/aromatic N) is 1. The number of halogens is 3. The Morgan fingerprint density at radius 1 is 1.50 bits per heavy atom. The molecule has 4 nitrogen and oxygen atoms in total. The first-order valence-corrected chi connectivity index (χ1v) is 5.21. The van der Waals surface area contributed by atoms with Gasteiger partial charge in [-0.05, 0) is 6.07 Å². The number of aromatic nitrogens is 1. The van der Waals surface area contributed by atoms with Crippen molar-refractivity contribution in [2.24, 2.45) is 5.14 Å². The maximum absolute atomic E-state index is 12.3. The van der Waals surface area contributed by atoms with Crippen molar-refractivity contribution in [2.45, 2.75) is 11.3 Å². The minimum absolute atomic E-state index is 0.210. The highest BCUT2D eigenvalue weighted by atomic mass is 35.5. The van der Waals surface area contributed by atoms with Crippen LogP contribution in [0, 0.1) is 0 Å². The highest BCUT2D eigenvalue weighted by molar-refractivity contribution is 7.89. The average molecular weight is 243 g/mol. The smallest absolute Gasteiger partial charge is 0.244 e. The summed E-state index contributed by atoms with van der Waals surface area (Å²) in [4.78, 5) is 2.64. The van der Waals surface area contributed by atoms with Crippen molar-refractivity contribution in [3.05, 3.63) is 23.0 Å². The Labute approximate surface area is 83.8 Å². The van der Waals surface area contributed by atoms with Gasteiger partial charge in [0, 0.05) is 6.20 Å². The van der Waals surface area contributed by atoms with Gasteiger partial charge >= 0.3 is 0 Å². The van der Waals surface area contributed by atoms with Gasteiger partial charge in [0.15, 0.2) is 0 Å². The molecule has 0 amide bonds. The Balaban J connectivity index is 3.46. The van der Waals surface area contributed by atoms with Gasteiger partial charge in [-0.25, -0.2) is 27.3 Å². The van der Waals surface area contributed by atoms with Crippen molar-refractivity contribution >= 4 is 21.6 Å². The maximum Gasteiger partial charge on any atom is 0.266 e. The van der Waals surface area contributed by atoms with E-state index in [0.717, 1.165) is 6.07 Å². The highest BCUT2D eigenvalue weighted by Crippen LogP contribution is 2.26. The normalized spacial score (nSPS) is 12.1. The van der Waals surface area contributed by atoms with Gasteiger partial charge < -0.3 is 0 Å². The second-order valence-corrected chi connectivity index (χ2v) is 4.31. The van der Waals surface area contributed by atoms with E-state index in [1.54, 1.807) is 0 Å². The SMILES string of the molecule is NS(=O)(=O)c1cc(Cl)ncc1C(F)F. The molecule has 0 bridgehead atoms. The first kappa shape index (κ1) is 11.3. The summed E-state index contributed by atoms with van der Waals surface area (Å²) in [5, 5.41) is 4.51. The van der Waals surface area contributed by atoms with Crippen molar-refractivity contribution in [1.29, 1.82) is 0 Å². The molecule has 1 aromatic rings. The standard InChI is InChI=1S/C6H5ClF2N2O2S/c7-5-1-4(14(10,12)13)3(2-11-5)6(8)9/h1-2,6H,(H2,10,12,13). The molecule has 0 fully saturated rings. The molecule has 0 aromatic carbocycles. The number of nitrogens with two attached hydrogens (primary N) is 1. The fourth-order valence-electron chi connectivity index (χ4n) is 0.834. The molecule has 0 aliphatic carbocycles. The van der Waals surface area contributed by atoms with Crippen LogP contribution in [0.5, 0.6) is 0 Å². The predicted molar refractivity (Wildman–Crippen MR) is 45.6 cm³/mol. The molecule has 1 aromatic heterocycles. The zero-order chi connectivity index (χ0) is 10.9. The van der Waals surface area contributed by atoms with Crippen LogP contribution in [0.1, 0.15) is 12.0 Å². The zero-order valence-corrected chi connectivity index (χ0v) is 8.19. The van der Waals surface area contributed by atoms with Crippen molar-refractivity contribution in [3.8, 4) is 0 Å². The lowest BCUT2D eigenvalue weighted by molar-refractivity contribution is 0.147. The highest BCUT2D eigenvalue weighted by Gasteiger charge is 2.21. The number of hydrogen-bond acceptors (Lipinski definition) is 3. The number of sulfonamides is 1. The summed E-state index contributed by atoms with van der Waals surface area (Å²) in [7, 11) is -4.21. The largest absolute Gasteiger partial charge is 0.266 e. The van der Waals surface area contributed by atoms with E-state index in [0.29, 0.717) is 6.20 Å². The van der Waals surface area contributed by atoms with Crippen LogP contribution in [0.3, 0.4) is 0 Å². The van der Waals surface area contributed by atoms with Crippen LogP contribution in [-0.2, 0) is 10.0 Å². The fraction of sp³-hybridized carbons (Fsp3) is 0.167. The third-order valence-corrected chi connectivity index (χ3v) is 2.58. The molecule has 0 radical (unpaired) electrons. The number of rotatable bonds is 2. The molecule has 1 heterocycles. The van der Waals surface area contributed by atoms with E-state index < -0.39 is 26.9 Å². The van der Waals surface area contributed by atoms with Gasteiger partial charge in [0.1, 0.15) is 5.15 Å². The minimum atomic E-state index is -4.21. The van der Waals surface area contributed by atoms with E-state index in [-0.39, 0.29) is 5.15 Å². The molecule has 78 valence electrons. The third-order valence-electron chi connectivity index (χ3n) is 1.40. The Morgan fingerprint density at radius 3 is 2.50 bits per heavy atom. The molecule has 0 aliphatic rings. The quantitative estimate of drug-likeness (QED) is 0.795. The lowest BCUT2D eigenvalue weighted by atomic mass is 10.3. The summed E-state index contributed by atoms with van der Waals surface area (Å²) >= 11 is 5.35. The Bertz CT molecular complexity index is 449. The Kier molecular flexibility index (Phi) is 3.03. The molecule has 0 saturated carbocycles. The van der Waals surface area contributed by atoms with Crippen LogP contribution in [0.4, 0.5) is 8.78 Å². The summed E-state index contributed by atoms with van der Waals surface area (Å²) < 4.78 is 46.3. The monoisotopic (exact) mass is 242 g/mol. The summed E-state index contributed by atoms with van der Waals surface area (Å²) in [6, 6.07) is 0.790. The van der Waals surface area contributed by atoms with Gasteiger partial charge in [-0.15, -0.1) is 0 Å². The molecule has 14 heavy (non-hydrogen) atoms. The lowest BCUT2D eigenvalue weighted by Gasteiger charge is -2.05. The molecule has 0 atom stereocenters. The Morgan fingerprint density at radius 2 is 2.07 bits per heavy atom. The van der Waals surface area contributed by atoms with Crippen LogP contribution >= 0.6 is 11.6 Å². The van der Waals surface area contributed by atoms with E-state index in [9.17, 15) is 17.2 Å². The van der Waals surface area contributed by atoms with Crippen LogP contribution in [0.2, 0.25) is 5.15 Å². The van der Waals surface area contributed by atoms with Crippen LogP contribution in [-0.4, -0.2) is 13.4 Å². The topological polar surface area (TPSA) is 73.1 Å². The summed E-state index contributed by atoms with van der Waals surface area (Å²) in [5.74, 6) is 0. The van der Waals surface area contributed by atoms with Crippen LogP contribution in [0.25, 0.3) is 0 Å². The first-order chi connectivity index (χ1) is 6.32. The first-order valence-electron chi connectivity index (χ1n) is 3.29. The summed E-state index contributed by atoms with van der Waals surface area (Å²) in [5.41, 5.74) is -0.753. The summed E-state index contributed by atoms with van der Waals surface area (Å²) in [6.45, 7) is 0. The van der Waals surface area contributed by atoms with Crippen molar-refractivity contribution < 1.29 is 17.2 Å². The molecule has 0 aliphatic heterocycles. The van der Waals surface area contributed by atoms with E-state index >= 15 is 0 Å². The minimum Gasteiger partial charge on any atom is -0.244 e. The Hall–Kier alpha value is -0.790. The fourth-order valence-corrected chi connectivity index (χ4v) is 1.80. The molecule has 1 rings (SSSR count). The second-order valence-electron chi connectivity index (χ2n) is 2.39. The van der Waals surface area contributed by atoms with Gasteiger partial charge in [0.25, 0.3) is 6.43 Å². The molecule has 8 heteroatoms. The van der Waals surface area contributed by atoms with Crippen molar-refractivity contribution in [1.82, 2.24) is 4.98 Å². The summed E-state index contributed by atoms with van der Waals surface area (Å²) in [6.07, 6.45) is -2.28. The number of hydrogen-bond donors (Lipinski definition) is 1. The van der Waals surface area contributed by atoms with E-state index in [1.807, 2.05) is 0 Å². The molecule has 0 unspecified atom stereocenters. The number of alkyl halides is 2. The third kappa shape index (κ3) is 2.37. The van der Waals surface area contributed by atoms with E-state index in [1.165, 1.54) is 0 Å². The van der Waals surface area contributed by atoms with Crippen LogP contribution < -0.4 is 5.14 Å².